The molecule has 0 saturated carbocycles. The van der Waals surface area contributed by atoms with Crippen molar-refractivity contribution >= 4 is 39.2 Å². The van der Waals surface area contributed by atoms with E-state index in [4.69, 9.17) is 4.42 Å². The number of carbonyl (C=O) groups is 2. The zero-order valence-corrected chi connectivity index (χ0v) is 21.5. The number of aromatic carboxylic acids is 1. The number of benzene rings is 2. The number of aldehydes is 1. The smallest absolute Gasteiger partial charge is 0.336 e. The van der Waals surface area contributed by atoms with Gasteiger partial charge < -0.3 is 14.1 Å². The maximum absolute atomic E-state index is 12.1. The lowest BCUT2D eigenvalue weighted by atomic mass is 9.81. The number of carboxylic acids is 1. The van der Waals surface area contributed by atoms with E-state index in [2.05, 4.69) is 41.7 Å². The van der Waals surface area contributed by atoms with Gasteiger partial charge in [0.25, 0.3) is 0 Å². The van der Waals surface area contributed by atoms with Gasteiger partial charge in [-0.05, 0) is 57.6 Å². The summed E-state index contributed by atoms with van der Waals surface area (Å²) in [5.41, 5.74) is 4.32. The Hall–Kier alpha value is -3.19. The van der Waals surface area contributed by atoms with Crippen LogP contribution in [0.5, 0.6) is 0 Å². The molecule has 0 saturated heterocycles. The maximum Gasteiger partial charge on any atom is 0.336 e. The molecule has 0 unspecified atom stereocenters. The van der Waals surface area contributed by atoms with Gasteiger partial charge in [0.05, 0.1) is 15.7 Å². The Balaban J connectivity index is 1.88. The summed E-state index contributed by atoms with van der Waals surface area (Å²) < 4.78 is 8.87. The van der Waals surface area contributed by atoms with E-state index in [1.165, 1.54) is 0 Å². The van der Waals surface area contributed by atoms with E-state index in [-0.39, 0.29) is 11.0 Å². The second-order valence-electron chi connectivity index (χ2n) is 9.42. The molecule has 6 nitrogen and oxygen atoms in total. The Kier molecular flexibility index (Phi) is 6.25. The summed E-state index contributed by atoms with van der Waals surface area (Å²) in [5.74, 6) is 0.353. The second kappa shape index (κ2) is 8.87. The standard InChI is InChI=1S/C27H27BrN2O4/c1-6-22-29-15(2)20(14-31)30(22)13-16-10-11-21-18(12-16)24(28)25(34-21)23-17(26(32)33)8-7-9-19(23)27(3,4)5/h7-12,14H,6,13H2,1-5H3,(H,32,33). The molecule has 1 N–H and O–H groups in total. The minimum atomic E-state index is -1.00. The summed E-state index contributed by atoms with van der Waals surface area (Å²) in [6.45, 7) is 10.5. The molecular weight excluding hydrogens is 496 g/mol. The number of aryl methyl sites for hydroxylation is 2. The van der Waals surface area contributed by atoms with E-state index in [9.17, 15) is 14.7 Å². The first-order chi connectivity index (χ1) is 16.1. The molecule has 0 spiro atoms. The number of nitrogens with zero attached hydrogens (tertiary/aromatic N) is 2. The topological polar surface area (TPSA) is 85.3 Å². The van der Waals surface area contributed by atoms with E-state index in [1.54, 1.807) is 12.1 Å². The molecule has 0 fully saturated rings. The zero-order chi connectivity index (χ0) is 24.8. The number of imidazole rings is 1. The van der Waals surface area contributed by atoms with Gasteiger partial charge in [-0.3, -0.25) is 4.79 Å². The summed E-state index contributed by atoms with van der Waals surface area (Å²) in [7, 11) is 0. The molecule has 0 atom stereocenters. The minimum absolute atomic E-state index is 0.199. The number of rotatable bonds is 6. The molecule has 7 heteroatoms. The molecule has 2 aromatic heterocycles. The van der Waals surface area contributed by atoms with Gasteiger partial charge in [-0.1, -0.05) is 45.9 Å². The van der Waals surface area contributed by atoms with Crippen LogP contribution in [0.2, 0.25) is 0 Å². The highest BCUT2D eigenvalue weighted by molar-refractivity contribution is 9.10. The summed E-state index contributed by atoms with van der Waals surface area (Å²) in [4.78, 5) is 28.3. The van der Waals surface area contributed by atoms with E-state index >= 15 is 0 Å². The van der Waals surface area contributed by atoms with Gasteiger partial charge in [-0.2, -0.15) is 0 Å². The molecule has 0 aliphatic heterocycles. The van der Waals surface area contributed by atoms with Crippen LogP contribution in [0, 0.1) is 6.92 Å². The van der Waals surface area contributed by atoms with Crippen LogP contribution in [-0.2, 0) is 18.4 Å². The van der Waals surface area contributed by atoms with Crippen LogP contribution in [-0.4, -0.2) is 26.9 Å². The maximum atomic E-state index is 12.1. The van der Waals surface area contributed by atoms with Gasteiger partial charge in [0.2, 0.25) is 0 Å². The van der Waals surface area contributed by atoms with Crippen LogP contribution in [0.1, 0.15) is 71.2 Å². The van der Waals surface area contributed by atoms with Crippen molar-refractivity contribution in [2.45, 2.75) is 53.0 Å². The molecule has 34 heavy (non-hydrogen) atoms. The lowest BCUT2D eigenvalue weighted by Gasteiger charge is -2.23. The molecule has 4 aromatic rings. The molecule has 4 rings (SSSR count). The first-order valence-electron chi connectivity index (χ1n) is 11.2. The quantitative estimate of drug-likeness (QED) is 0.282. The third kappa shape index (κ3) is 4.09. The van der Waals surface area contributed by atoms with Crippen molar-refractivity contribution in [3.63, 3.8) is 0 Å². The average molecular weight is 523 g/mol. The third-order valence-electron chi connectivity index (χ3n) is 6.06. The van der Waals surface area contributed by atoms with Crippen LogP contribution in [0.15, 0.2) is 45.3 Å². The lowest BCUT2D eigenvalue weighted by molar-refractivity contribution is 0.0697. The Morgan fingerprint density at radius 2 is 1.97 bits per heavy atom. The first kappa shape index (κ1) is 24.0. The number of hydrogen-bond donors (Lipinski definition) is 1. The van der Waals surface area contributed by atoms with Crippen molar-refractivity contribution in [1.82, 2.24) is 9.55 Å². The number of fused-ring (bicyclic) bond motifs is 1. The Bertz CT molecular complexity index is 1420. The number of aromatic nitrogens is 2. The Morgan fingerprint density at radius 1 is 1.24 bits per heavy atom. The zero-order valence-electron chi connectivity index (χ0n) is 19.9. The normalized spacial score (nSPS) is 11.8. The molecule has 0 radical (unpaired) electrons. The van der Waals surface area contributed by atoms with Gasteiger partial charge in [0.15, 0.2) is 12.0 Å². The van der Waals surface area contributed by atoms with E-state index < -0.39 is 5.97 Å². The predicted octanol–water partition coefficient (Wildman–Crippen LogP) is 6.79. The van der Waals surface area contributed by atoms with Crippen LogP contribution >= 0.6 is 15.9 Å². The summed E-state index contributed by atoms with van der Waals surface area (Å²) in [6, 6.07) is 11.2. The van der Waals surface area contributed by atoms with Crippen LogP contribution in [0.4, 0.5) is 0 Å². The van der Waals surface area contributed by atoms with Crippen molar-refractivity contribution in [2.75, 3.05) is 0 Å². The molecule has 0 aliphatic carbocycles. The van der Waals surface area contributed by atoms with Crippen LogP contribution in [0.3, 0.4) is 0 Å². The highest BCUT2D eigenvalue weighted by Gasteiger charge is 2.28. The molecule has 0 amide bonds. The summed E-state index contributed by atoms with van der Waals surface area (Å²) in [6.07, 6.45) is 1.57. The van der Waals surface area contributed by atoms with Crippen molar-refractivity contribution < 1.29 is 19.1 Å². The van der Waals surface area contributed by atoms with Crippen molar-refractivity contribution in [3.8, 4) is 11.3 Å². The fraction of sp³-hybridized carbons (Fsp3) is 0.296. The number of carbonyl (C=O) groups excluding carboxylic acids is 1. The minimum Gasteiger partial charge on any atom is -0.478 e. The largest absolute Gasteiger partial charge is 0.478 e. The monoisotopic (exact) mass is 522 g/mol. The molecule has 0 aliphatic rings. The van der Waals surface area contributed by atoms with Crippen LogP contribution in [0.25, 0.3) is 22.3 Å². The Labute approximate surface area is 206 Å². The highest BCUT2D eigenvalue weighted by Crippen LogP contribution is 2.43. The SMILES string of the molecule is CCc1nc(C)c(C=O)n1Cc1ccc2oc(-c3c(C(=O)O)cccc3C(C)(C)C)c(Br)c2c1. The van der Waals surface area contributed by atoms with E-state index in [0.717, 1.165) is 40.7 Å². The summed E-state index contributed by atoms with van der Waals surface area (Å²) in [5, 5.41) is 10.7. The highest BCUT2D eigenvalue weighted by atomic mass is 79.9. The fourth-order valence-corrected chi connectivity index (χ4v) is 4.99. The lowest BCUT2D eigenvalue weighted by Crippen LogP contribution is -2.15. The fourth-order valence-electron chi connectivity index (χ4n) is 4.40. The van der Waals surface area contributed by atoms with Gasteiger partial charge in [0.1, 0.15) is 17.1 Å². The molecule has 0 bridgehead atoms. The second-order valence-corrected chi connectivity index (χ2v) is 10.2. The van der Waals surface area contributed by atoms with Gasteiger partial charge in [0, 0.05) is 23.9 Å². The molecular formula is C27H27BrN2O4. The van der Waals surface area contributed by atoms with Crippen molar-refractivity contribution in [2.24, 2.45) is 0 Å². The van der Waals surface area contributed by atoms with E-state index in [0.29, 0.717) is 33.6 Å². The van der Waals surface area contributed by atoms with Crippen molar-refractivity contribution in [1.29, 1.82) is 0 Å². The van der Waals surface area contributed by atoms with E-state index in [1.807, 2.05) is 42.7 Å². The molecule has 2 heterocycles. The number of furan rings is 1. The third-order valence-corrected chi connectivity index (χ3v) is 6.85. The summed E-state index contributed by atoms with van der Waals surface area (Å²) >= 11 is 3.69. The van der Waals surface area contributed by atoms with Crippen molar-refractivity contribution in [3.05, 3.63) is 74.8 Å². The van der Waals surface area contributed by atoms with Gasteiger partial charge >= 0.3 is 5.97 Å². The number of halogens is 1. The predicted molar refractivity (Wildman–Crippen MR) is 136 cm³/mol. The average Bonchev–Trinajstić information content (AvgIpc) is 3.28. The first-order valence-corrected chi connectivity index (χ1v) is 11.9. The van der Waals surface area contributed by atoms with Crippen LogP contribution < -0.4 is 0 Å². The molecule has 2 aromatic carbocycles. The Morgan fingerprint density at radius 3 is 2.59 bits per heavy atom. The van der Waals surface area contributed by atoms with Gasteiger partial charge in [-0.15, -0.1) is 0 Å². The van der Waals surface area contributed by atoms with Gasteiger partial charge in [-0.25, -0.2) is 9.78 Å². The number of carboxylic acid groups (broad SMARTS) is 1. The molecule has 176 valence electrons. The number of hydrogen-bond acceptors (Lipinski definition) is 4.